The number of likely N-dealkylation sites (tertiary alicyclic amines) is 1. The Bertz CT molecular complexity index is 257. The van der Waals surface area contributed by atoms with Crippen molar-refractivity contribution >= 4 is 5.91 Å². The molecule has 104 valence electrons. The zero-order valence-corrected chi connectivity index (χ0v) is 11.5. The molecule has 2 heterocycles. The van der Waals surface area contributed by atoms with Gasteiger partial charge in [-0.15, -0.1) is 0 Å². The number of carbonyl (C=O) groups is 1. The van der Waals surface area contributed by atoms with Crippen LogP contribution in [0, 0.1) is 5.92 Å². The van der Waals surface area contributed by atoms with Crippen molar-refractivity contribution in [2.75, 3.05) is 32.8 Å². The average molecular weight is 254 g/mol. The Morgan fingerprint density at radius 1 is 1.33 bits per heavy atom. The van der Waals surface area contributed by atoms with Gasteiger partial charge in [-0.05, 0) is 31.6 Å². The van der Waals surface area contributed by atoms with Gasteiger partial charge in [-0.2, -0.15) is 0 Å². The summed E-state index contributed by atoms with van der Waals surface area (Å²) >= 11 is 0. The predicted molar refractivity (Wildman–Crippen MR) is 71.4 cm³/mol. The molecule has 0 saturated carbocycles. The molecule has 2 rings (SSSR count). The lowest BCUT2D eigenvalue weighted by Crippen LogP contribution is -2.39. The van der Waals surface area contributed by atoms with E-state index in [0.717, 1.165) is 58.0 Å². The number of hydrogen-bond donors (Lipinski definition) is 1. The molecule has 1 amide bonds. The molecule has 2 fully saturated rings. The van der Waals surface area contributed by atoms with E-state index in [2.05, 4.69) is 12.2 Å². The summed E-state index contributed by atoms with van der Waals surface area (Å²) in [6.07, 6.45) is 5.66. The highest BCUT2D eigenvalue weighted by Crippen LogP contribution is 2.16. The largest absolute Gasteiger partial charge is 0.377 e. The van der Waals surface area contributed by atoms with E-state index in [1.54, 1.807) is 0 Å². The van der Waals surface area contributed by atoms with Crippen LogP contribution in [0.25, 0.3) is 0 Å². The van der Waals surface area contributed by atoms with Gasteiger partial charge in [0, 0.05) is 39.2 Å². The Kier molecular flexibility index (Phi) is 5.45. The highest BCUT2D eigenvalue weighted by atomic mass is 16.5. The van der Waals surface area contributed by atoms with Gasteiger partial charge in [0.15, 0.2) is 0 Å². The third-order valence-corrected chi connectivity index (χ3v) is 4.05. The lowest BCUT2D eigenvalue weighted by atomic mass is 9.99. The van der Waals surface area contributed by atoms with Crippen molar-refractivity contribution in [3.63, 3.8) is 0 Å². The molecule has 4 nitrogen and oxygen atoms in total. The standard InChI is InChI=1S/C14H26N2O2/c1-12-5-8-16(9-6-12)14(17)4-7-15-11-13-3-2-10-18-13/h12-13,15H,2-11H2,1H3. The second kappa shape index (κ2) is 7.10. The van der Waals surface area contributed by atoms with E-state index in [-0.39, 0.29) is 0 Å². The van der Waals surface area contributed by atoms with Crippen LogP contribution in [0.1, 0.15) is 39.0 Å². The van der Waals surface area contributed by atoms with Crippen molar-refractivity contribution in [1.82, 2.24) is 10.2 Å². The second-order valence-corrected chi connectivity index (χ2v) is 5.65. The Labute approximate surface area is 110 Å². The summed E-state index contributed by atoms with van der Waals surface area (Å²) in [5.74, 6) is 1.09. The Hall–Kier alpha value is -0.610. The number of carbonyl (C=O) groups excluding carboxylic acids is 1. The van der Waals surface area contributed by atoms with Crippen LogP contribution in [0.15, 0.2) is 0 Å². The number of ether oxygens (including phenoxy) is 1. The first-order valence-corrected chi connectivity index (χ1v) is 7.36. The Morgan fingerprint density at radius 2 is 2.11 bits per heavy atom. The third-order valence-electron chi connectivity index (χ3n) is 4.05. The summed E-state index contributed by atoms with van der Waals surface area (Å²) in [6, 6.07) is 0. The molecule has 0 radical (unpaired) electrons. The van der Waals surface area contributed by atoms with E-state index in [9.17, 15) is 4.79 Å². The maximum absolute atomic E-state index is 12.0. The predicted octanol–water partition coefficient (Wildman–Crippen LogP) is 1.40. The second-order valence-electron chi connectivity index (χ2n) is 5.65. The van der Waals surface area contributed by atoms with Crippen molar-refractivity contribution in [1.29, 1.82) is 0 Å². The van der Waals surface area contributed by atoms with Gasteiger partial charge in [-0.25, -0.2) is 0 Å². The van der Waals surface area contributed by atoms with E-state index >= 15 is 0 Å². The van der Waals surface area contributed by atoms with Gasteiger partial charge in [-0.1, -0.05) is 6.92 Å². The first kappa shape index (κ1) is 13.8. The first-order chi connectivity index (χ1) is 8.75. The van der Waals surface area contributed by atoms with E-state index < -0.39 is 0 Å². The Balaban J connectivity index is 1.54. The van der Waals surface area contributed by atoms with E-state index in [1.807, 2.05) is 4.90 Å². The highest BCUT2D eigenvalue weighted by molar-refractivity contribution is 5.76. The number of hydrogen-bond acceptors (Lipinski definition) is 3. The molecule has 2 saturated heterocycles. The summed E-state index contributed by atoms with van der Waals surface area (Å²) in [7, 11) is 0. The van der Waals surface area contributed by atoms with E-state index in [1.165, 1.54) is 6.42 Å². The smallest absolute Gasteiger partial charge is 0.223 e. The van der Waals surface area contributed by atoms with Crippen molar-refractivity contribution in [3.05, 3.63) is 0 Å². The van der Waals surface area contributed by atoms with Crippen LogP contribution in [0.2, 0.25) is 0 Å². The molecular formula is C14H26N2O2. The van der Waals surface area contributed by atoms with Gasteiger partial charge in [0.1, 0.15) is 0 Å². The van der Waals surface area contributed by atoms with Gasteiger partial charge in [-0.3, -0.25) is 4.79 Å². The maximum atomic E-state index is 12.0. The molecular weight excluding hydrogens is 228 g/mol. The molecule has 0 bridgehead atoms. The molecule has 1 N–H and O–H groups in total. The topological polar surface area (TPSA) is 41.6 Å². The summed E-state index contributed by atoms with van der Waals surface area (Å²) in [4.78, 5) is 14.0. The van der Waals surface area contributed by atoms with Crippen LogP contribution in [0.5, 0.6) is 0 Å². The van der Waals surface area contributed by atoms with Crippen molar-refractivity contribution < 1.29 is 9.53 Å². The zero-order valence-electron chi connectivity index (χ0n) is 11.5. The zero-order chi connectivity index (χ0) is 12.8. The first-order valence-electron chi connectivity index (χ1n) is 7.36. The number of nitrogens with one attached hydrogen (secondary N) is 1. The van der Waals surface area contributed by atoms with Crippen LogP contribution in [-0.2, 0) is 9.53 Å². The summed E-state index contributed by atoms with van der Waals surface area (Å²) in [6.45, 7) is 6.74. The molecule has 1 unspecified atom stereocenters. The fraction of sp³-hybridized carbons (Fsp3) is 0.929. The van der Waals surface area contributed by atoms with E-state index in [0.29, 0.717) is 18.4 Å². The molecule has 4 heteroatoms. The minimum Gasteiger partial charge on any atom is -0.377 e. The Morgan fingerprint density at radius 3 is 2.78 bits per heavy atom. The van der Waals surface area contributed by atoms with Gasteiger partial charge in [0.05, 0.1) is 6.10 Å². The maximum Gasteiger partial charge on any atom is 0.223 e. The monoisotopic (exact) mass is 254 g/mol. The van der Waals surface area contributed by atoms with Crippen molar-refractivity contribution in [3.8, 4) is 0 Å². The lowest BCUT2D eigenvalue weighted by molar-refractivity contribution is -0.132. The quantitative estimate of drug-likeness (QED) is 0.754. The average Bonchev–Trinajstić information content (AvgIpc) is 2.88. The van der Waals surface area contributed by atoms with Crippen LogP contribution in [0.3, 0.4) is 0 Å². The molecule has 2 aliphatic rings. The summed E-state index contributed by atoms with van der Waals surface area (Å²) < 4.78 is 5.53. The molecule has 0 aliphatic carbocycles. The molecule has 1 atom stereocenters. The van der Waals surface area contributed by atoms with Gasteiger partial charge in [0.25, 0.3) is 0 Å². The number of rotatable bonds is 5. The van der Waals surface area contributed by atoms with Crippen LogP contribution in [-0.4, -0.2) is 49.7 Å². The SMILES string of the molecule is CC1CCN(C(=O)CCNCC2CCCO2)CC1. The molecule has 0 spiro atoms. The lowest BCUT2D eigenvalue weighted by Gasteiger charge is -2.30. The normalized spacial score (nSPS) is 25.6. The molecule has 0 aromatic carbocycles. The van der Waals surface area contributed by atoms with Gasteiger partial charge in [0.2, 0.25) is 5.91 Å². The van der Waals surface area contributed by atoms with E-state index in [4.69, 9.17) is 4.74 Å². The van der Waals surface area contributed by atoms with Crippen molar-refractivity contribution in [2.45, 2.75) is 45.1 Å². The third kappa shape index (κ3) is 4.25. The molecule has 2 aliphatic heterocycles. The minimum absolute atomic E-state index is 0.307. The fourth-order valence-electron chi connectivity index (χ4n) is 2.68. The number of amides is 1. The minimum atomic E-state index is 0.307. The number of piperidine rings is 1. The molecule has 0 aromatic rings. The summed E-state index contributed by atoms with van der Waals surface area (Å²) in [5, 5.41) is 3.33. The highest BCUT2D eigenvalue weighted by Gasteiger charge is 2.20. The number of nitrogens with zero attached hydrogens (tertiary/aromatic N) is 1. The summed E-state index contributed by atoms with van der Waals surface area (Å²) in [5.41, 5.74) is 0. The van der Waals surface area contributed by atoms with Crippen LogP contribution < -0.4 is 5.32 Å². The molecule has 18 heavy (non-hydrogen) atoms. The van der Waals surface area contributed by atoms with Crippen LogP contribution >= 0.6 is 0 Å². The van der Waals surface area contributed by atoms with Gasteiger partial charge < -0.3 is 15.0 Å². The van der Waals surface area contributed by atoms with Crippen molar-refractivity contribution in [2.24, 2.45) is 5.92 Å². The van der Waals surface area contributed by atoms with Gasteiger partial charge >= 0.3 is 0 Å². The van der Waals surface area contributed by atoms with Crippen LogP contribution in [0.4, 0.5) is 0 Å². The molecule has 0 aromatic heterocycles. The fourth-order valence-corrected chi connectivity index (χ4v) is 2.68.